The van der Waals surface area contributed by atoms with E-state index in [1.165, 1.54) is 29.5 Å². The number of aromatic nitrogens is 1. The van der Waals surface area contributed by atoms with Crippen molar-refractivity contribution in [3.05, 3.63) is 63.7 Å². The van der Waals surface area contributed by atoms with Crippen molar-refractivity contribution in [2.45, 2.75) is 20.8 Å². The molecule has 1 aromatic heterocycles. The lowest BCUT2D eigenvalue weighted by Gasteiger charge is -2.24. The van der Waals surface area contributed by atoms with Crippen LogP contribution < -0.4 is 4.90 Å². The van der Waals surface area contributed by atoms with Crippen LogP contribution in [0.25, 0.3) is 10.2 Å². The fourth-order valence-electron chi connectivity index (χ4n) is 3.11. The molecule has 1 heterocycles. The average molecular weight is 449 g/mol. The van der Waals surface area contributed by atoms with Crippen LogP contribution in [0.1, 0.15) is 29.8 Å². The number of thiazole rings is 1. The van der Waals surface area contributed by atoms with Crippen LogP contribution in [0.15, 0.2) is 42.5 Å². The molecule has 160 valence electrons. The summed E-state index contributed by atoms with van der Waals surface area (Å²) in [5, 5.41) is 11.7. The topological polar surface area (TPSA) is 79.6 Å². The number of halogens is 1. The largest absolute Gasteiger partial charge is 0.302 e. The summed E-state index contributed by atoms with van der Waals surface area (Å²) < 4.78 is 1.01. The summed E-state index contributed by atoms with van der Waals surface area (Å²) in [6, 6.07) is 11.9. The zero-order chi connectivity index (χ0) is 21.0. The maximum Gasteiger partial charge on any atom is 0.270 e. The Morgan fingerprint density at radius 3 is 2.53 bits per heavy atom. The second kappa shape index (κ2) is 10.5. The van der Waals surface area contributed by atoms with Gasteiger partial charge in [-0.15, -0.1) is 12.4 Å². The van der Waals surface area contributed by atoms with Gasteiger partial charge in [-0.3, -0.25) is 19.8 Å². The highest BCUT2D eigenvalue weighted by atomic mass is 35.5. The van der Waals surface area contributed by atoms with E-state index in [1.807, 2.05) is 19.1 Å². The van der Waals surface area contributed by atoms with Gasteiger partial charge in [-0.2, -0.15) is 0 Å². The summed E-state index contributed by atoms with van der Waals surface area (Å²) >= 11 is 1.46. The molecule has 0 fully saturated rings. The Labute approximate surface area is 185 Å². The zero-order valence-electron chi connectivity index (χ0n) is 17.2. The number of carbonyl (C=O) groups is 1. The molecule has 0 radical (unpaired) electrons. The Morgan fingerprint density at radius 2 is 1.87 bits per heavy atom. The van der Waals surface area contributed by atoms with Gasteiger partial charge in [0.1, 0.15) is 0 Å². The van der Waals surface area contributed by atoms with Gasteiger partial charge < -0.3 is 4.90 Å². The third kappa shape index (κ3) is 5.33. The number of likely N-dealkylation sites (N-methyl/N-ethyl adjacent to an activating group) is 1. The molecule has 3 aromatic rings. The third-order valence-electron chi connectivity index (χ3n) is 4.85. The van der Waals surface area contributed by atoms with Crippen molar-refractivity contribution in [1.82, 2.24) is 9.88 Å². The Hall–Kier alpha value is -2.55. The van der Waals surface area contributed by atoms with Crippen molar-refractivity contribution in [2.75, 3.05) is 31.1 Å². The maximum absolute atomic E-state index is 13.3. The van der Waals surface area contributed by atoms with Crippen molar-refractivity contribution in [3.8, 4) is 0 Å². The molecule has 0 aliphatic rings. The number of non-ortho nitro benzene ring substituents is 1. The van der Waals surface area contributed by atoms with E-state index in [1.54, 1.807) is 11.0 Å². The van der Waals surface area contributed by atoms with E-state index in [0.717, 1.165) is 28.9 Å². The number of amides is 1. The van der Waals surface area contributed by atoms with E-state index < -0.39 is 4.92 Å². The van der Waals surface area contributed by atoms with E-state index >= 15 is 0 Å². The first-order chi connectivity index (χ1) is 13.9. The first-order valence-corrected chi connectivity index (χ1v) is 10.4. The lowest BCUT2D eigenvalue weighted by Crippen LogP contribution is -2.38. The van der Waals surface area contributed by atoms with Crippen LogP contribution in [0.5, 0.6) is 0 Å². The summed E-state index contributed by atoms with van der Waals surface area (Å²) in [5.74, 6) is -0.281. The molecule has 0 N–H and O–H groups in total. The summed E-state index contributed by atoms with van der Waals surface area (Å²) in [6.45, 7) is 9.10. The van der Waals surface area contributed by atoms with Gasteiger partial charge in [0.25, 0.3) is 11.6 Å². The average Bonchev–Trinajstić information content (AvgIpc) is 3.13. The smallest absolute Gasteiger partial charge is 0.270 e. The second-order valence-corrected chi connectivity index (χ2v) is 7.77. The molecule has 0 unspecified atom stereocenters. The van der Waals surface area contributed by atoms with Gasteiger partial charge in [0.2, 0.25) is 0 Å². The molecule has 9 heteroatoms. The number of rotatable bonds is 8. The highest BCUT2D eigenvalue weighted by Gasteiger charge is 2.23. The normalized spacial score (nSPS) is 10.8. The molecule has 0 saturated heterocycles. The number of nitrogens with zero attached hydrogens (tertiary/aromatic N) is 4. The van der Waals surface area contributed by atoms with Gasteiger partial charge in [0.15, 0.2) is 5.13 Å². The highest BCUT2D eigenvalue weighted by Crippen LogP contribution is 2.30. The highest BCUT2D eigenvalue weighted by molar-refractivity contribution is 7.22. The third-order valence-corrected chi connectivity index (χ3v) is 5.89. The van der Waals surface area contributed by atoms with Crippen LogP contribution in [-0.4, -0.2) is 46.9 Å². The minimum Gasteiger partial charge on any atom is -0.302 e. The molecule has 2 aromatic carbocycles. The predicted octanol–water partition coefficient (Wildman–Crippen LogP) is 4.92. The first-order valence-electron chi connectivity index (χ1n) is 9.58. The monoisotopic (exact) mass is 448 g/mol. The van der Waals surface area contributed by atoms with E-state index in [4.69, 9.17) is 0 Å². The Morgan fingerprint density at radius 1 is 1.13 bits per heavy atom. The maximum atomic E-state index is 13.3. The lowest BCUT2D eigenvalue weighted by molar-refractivity contribution is -0.384. The number of carbonyl (C=O) groups excluding carboxylic acids is 1. The second-order valence-electron chi connectivity index (χ2n) is 6.76. The van der Waals surface area contributed by atoms with E-state index in [-0.39, 0.29) is 29.6 Å². The van der Waals surface area contributed by atoms with Gasteiger partial charge in [-0.05, 0) is 43.8 Å². The molecule has 0 aliphatic carbocycles. The number of hydrogen-bond acceptors (Lipinski definition) is 6. The molecule has 1 amide bonds. The molecule has 0 spiro atoms. The fourth-order valence-corrected chi connectivity index (χ4v) is 4.20. The molecule has 30 heavy (non-hydrogen) atoms. The fraction of sp³-hybridized carbons (Fsp3) is 0.333. The SMILES string of the molecule is CCN(CC)CCN(C(=O)c1cccc([N+](=O)[O-])c1)c1nc2ccc(C)cc2s1.Cl. The number of nitro benzene ring substituents is 1. The molecule has 7 nitrogen and oxygen atoms in total. The van der Waals surface area contributed by atoms with Crippen LogP contribution in [-0.2, 0) is 0 Å². The number of nitro groups is 1. The summed E-state index contributed by atoms with van der Waals surface area (Å²) in [7, 11) is 0. The molecule has 0 saturated carbocycles. The van der Waals surface area contributed by atoms with Crippen LogP contribution in [0.4, 0.5) is 10.8 Å². The van der Waals surface area contributed by atoms with Gasteiger partial charge in [-0.25, -0.2) is 4.98 Å². The Kier molecular flexibility index (Phi) is 8.28. The number of benzene rings is 2. The van der Waals surface area contributed by atoms with Crippen LogP contribution in [0.3, 0.4) is 0 Å². The summed E-state index contributed by atoms with van der Waals surface area (Å²) in [4.78, 5) is 32.5. The van der Waals surface area contributed by atoms with Crippen LogP contribution in [0, 0.1) is 17.0 Å². The van der Waals surface area contributed by atoms with Gasteiger partial charge in [-0.1, -0.05) is 37.3 Å². The van der Waals surface area contributed by atoms with Crippen molar-refractivity contribution in [2.24, 2.45) is 0 Å². The van der Waals surface area contributed by atoms with Crippen LogP contribution in [0.2, 0.25) is 0 Å². The quantitative estimate of drug-likeness (QED) is 0.361. The summed E-state index contributed by atoms with van der Waals surface area (Å²) in [6.07, 6.45) is 0. The van der Waals surface area contributed by atoms with Crippen molar-refractivity contribution in [1.29, 1.82) is 0 Å². The zero-order valence-corrected chi connectivity index (χ0v) is 18.8. The predicted molar refractivity (Wildman–Crippen MR) is 124 cm³/mol. The number of hydrogen-bond donors (Lipinski definition) is 0. The number of aryl methyl sites for hydroxylation is 1. The first kappa shape index (κ1) is 23.7. The van der Waals surface area contributed by atoms with Crippen molar-refractivity contribution < 1.29 is 9.72 Å². The molecule has 0 aliphatic heterocycles. The molecule has 0 bridgehead atoms. The minimum atomic E-state index is -0.489. The van der Waals surface area contributed by atoms with Gasteiger partial charge in [0.05, 0.1) is 15.1 Å². The molecule has 0 atom stereocenters. The van der Waals surface area contributed by atoms with Crippen molar-refractivity contribution >= 4 is 50.7 Å². The van der Waals surface area contributed by atoms with Gasteiger partial charge >= 0.3 is 0 Å². The minimum absolute atomic E-state index is 0. The van der Waals surface area contributed by atoms with E-state index in [2.05, 4.69) is 29.8 Å². The van der Waals surface area contributed by atoms with Crippen molar-refractivity contribution in [3.63, 3.8) is 0 Å². The molecular formula is C21H25ClN4O3S. The Bertz CT molecular complexity index is 1040. The van der Waals surface area contributed by atoms with E-state index in [0.29, 0.717) is 18.2 Å². The summed E-state index contributed by atoms with van der Waals surface area (Å²) in [5.41, 5.74) is 2.16. The lowest BCUT2D eigenvalue weighted by atomic mass is 10.2. The van der Waals surface area contributed by atoms with E-state index in [9.17, 15) is 14.9 Å². The Balaban J connectivity index is 0.00000320. The molecule has 3 rings (SSSR count). The molecular weight excluding hydrogens is 424 g/mol. The van der Waals surface area contributed by atoms with Crippen LogP contribution >= 0.6 is 23.7 Å². The number of anilines is 1. The standard InChI is InChI=1S/C21H24N4O3S.ClH/c1-4-23(5-2)11-12-24(20(26)16-7-6-8-17(14-16)25(27)28)21-22-18-10-9-15(3)13-19(18)29-21;/h6-10,13-14H,4-5,11-12H2,1-3H3;1H. The number of fused-ring (bicyclic) bond motifs is 1. The van der Waals surface area contributed by atoms with Gasteiger partial charge in [0, 0.05) is 30.8 Å².